The summed E-state index contributed by atoms with van der Waals surface area (Å²) in [6.07, 6.45) is 1.50. The minimum atomic E-state index is -2.95. The Kier molecular flexibility index (Phi) is 5.35. The number of para-hydroxylation sites is 1. The fraction of sp³-hybridized carbons (Fsp3) is 0.158. The summed E-state index contributed by atoms with van der Waals surface area (Å²) in [5.41, 5.74) is 0.947. The molecule has 0 aromatic heterocycles. The average Bonchev–Trinajstić information content (AvgIpc) is 3.01. The summed E-state index contributed by atoms with van der Waals surface area (Å²) in [5, 5.41) is 0. The van der Waals surface area contributed by atoms with Gasteiger partial charge in [0.1, 0.15) is 5.75 Å². The molecule has 0 radical (unpaired) electrons. The highest BCUT2D eigenvalue weighted by Gasteiger charge is 2.25. The molecular weight excluding hydrogens is 360 g/mol. The maximum atomic E-state index is 12.4. The summed E-state index contributed by atoms with van der Waals surface area (Å²) < 4.78 is 44.8. The molecule has 0 fully saturated rings. The minimum absolute atomic E-state index is 0.00664. The Hall–Kier alpha value is -3.42. The zero-order valence-electron chi connectivity index (χ0n) is 14.4. The van der Waals surface area contributed by atoms with Gasteiger partial charge in [-0.1, -0.05) is 18.2 Å². The van der Waals surface area contributed by atoms with Crippen molar-refractivity contribution in [3.8, 4) is 17.2 Å². The molecule has 0 aliphatic carbocycles. The van der Waals surface area contributed by atoms with Crippen molar-refractivity contribution in [1.29, 1.82) is 0 Å². The molecule has 2 aromatic rings. The molecular formula is C19H15F2NO5. The fourth-order valence-electron chi connectivity index (χ4n) is 2.51. The van der Waals surface area contributed by atoms with E-state index in [0.29, 0.717) is 22.6 Å². The average molecular weight is 375 g/mol. The van der Waals surface area contributed by atoms with Crippen LogP contribution in [0.15, 0.2) is 53.2 Å². The van der Waals surface area contributed by atoms with Crippen LogP contribution in [0.4, 0.5) is 8.78 Å². The number of ether oxygens (including phenoxy) is 4. The van der Waals surface area contributed by atoms with E-state index in [-0.39, 0.29) is 17.3 Å². The van der Waals surface area contributed by atoms with Crippen molar-refractivity contribution in [2.75, 3.05) is 14.2 Å². The predicted molar refractivity (Wildman–Crippen MR) is 93.2 cm³/mol. The number of halogens is 2. The third kappa shape index (κ3) is 4.05. The van der Waals surface area contributed by atoms with E-state index in [1.807, 2.05) is 0 Å². The molecule has 0 spiro atoms. The second-order valence-corrected chi connectivity index (χ2v) is 5.33. The third-order valence-corrected chi connectivity index (χ3v) is 3.65. The van der Waals surface area contributed by atoms with Gasteiger partial charge in [-0.05, 0) is 30.3 Å². The van der Waals surface area contributed by atoms with E-state index in [9.17, 15) is 13.6 Å². The lowest BCUT2D eigenvalue weighted by molar-refractivity contribution is -0.129. The molecule has 0 amide bonds. The SMILES string of the molecule is COc1cccc(/C=C2\N=C(c3cccc(OC(F)F)c3)OC2=O)c1OC. The van der Waals surface area contributed by atoms with Crippen LogP contribution >= 0.6 is 0 Å². The summed E-state index contributed by atoms with van der Waals surface area (Å²) in [7, 11) is 2.99. The molecule has 27 heavy (non-hydrogen) atoms. The van der Waals surface area contributed by atoms with E-state index >= 15 is 0 Å². The van der Waals surface area contributed by atoms with Crippen molar-refractivity contribution >= 4 is 17.9 Å². The number of benzene rings is 2. The van der Waals surface area contributed by atoms with Gasteiger partial charge in [0.15, 0.2) is 17.2 Å². The maximum absolute atomic E-state index is 12.4. The Morgan fingerprint density at radius 1 is 1.11 bits per heavy atom. The highest BCUT2D eigenvalue weighted by molar-refractivity contribution is 6.13. The molecule has 0 unspecified atom stereocenters. The second-order valence-electron chi connectivity index (χ2n) is 5.33. The van der Waals surface area contributed by atoms with Crippen molar-refractivity contribution in [1.82, 2.24) is 0 Å². The molecule has 140 valence electrons. The number of carbonyl (C=O) groups excluding carboxylic acids is 1. The van der Waals surface area contributed by atoms with Gasteiger partial charge in [0, 0.05) is 11.1 Å². The monoisotopic (exact) mass is 375 g/mol. The van der Waals surface area contributed by atoms with Crippen LogP contribution in [0.1, 0.15) is 11.1 Å². The Balaban J connectivity index is 1.94. The number of cyclic esters (lactones) is 1. The lowest BCUT2D eigenvalue weighted by Gasteiger charge is -2.09. The Morgan fingerprint density at radius 3 is 2.59 bits per heavy atom. The number of hydrogen-bond donors (Lipinski definition) is 0. The Bertz CT molecular complexity index is 924. The van der Waals surface area contributed by atoms with Crippen LogP contribution in [0.2, 0.25) is 0 Å². The van der Waals surface area contributed by atoms with Gasteiger partial charge < -0.3 is 18.9 Å². The number of methoxy groups -OCH3 is 2. The topological polar surface area (TPSA) is 66.3 Å². The first-order valence-electron chi connectivity index (χ1n) is 7.80. The molecule has 3 rings (SSSR count). The number of aliphatic imine (C=N–C) groups is 1. The molecule has 1 aliphatic heterocycles. The van der Waals surface area contributed by atoms with Crippen LogP contribution in [0.5, 0.6) is 17.2 Å². The number of carbonyl (C=O) groups is 1. The van der Waals surface area contributed by atoms with Gasteiger partial charge >= 0.3 is 12.6 Å². The van der Waals surface area contributed by atoms with Crippen LogP contribution < -0.4 is 14.2 Å². The fourth-order valence-corrected chi connectivity index (χ4v) is 2.51. The van der Waals surface area contributed by atoms with Gasteiger partial charge in [0.05, 0.1) is 14.2 Å². The van der Waals surface area contributed by atoms with Gasteiger partial charge in [0.25, 0.3) is 0 Å². The molecule has 1 heterocycles. The van der Waals surface area contributed by atoms with E-state index in [2.05, 4.69) is 9.73 Å². The Labute approximate surface area is 153 Å². The van der Waals surface area contributed by atoms with Gasteiger partial charge in [-0.3, -0.25) is 0 Å². The predicted octanol–water partition coefficient (Wildman–Crippen LogP) is 3.65. The summed E-state index contributed by atoms with van der Waals surface area (Å²) in [6, 6.07) is 10.9. The molecule has 0 saturated carbocycles. The standard InChI is InChI=1S/C19H15F2NO5/c1-24-15-8-4-5-11(16(15)25-2)10-14-18(23)27-17(22-14)12-6-3-7-13(9-12)26-19(20)21/h3-10,19H,1-2H3/b14-10-. The van der Waals surface area contributed by atoms with Gasteiger partial charge in [-0.15, -0.1) is 0 Å². The van der Waals surface area contributed by atoms with E-state index in [1.165, 1.54) is 38.5 Å². The van der Waals surface area contributed by atoms with Crippen LogP contribution in [-0.4, -0.2) is 32.7 Å². The van der Waals surface area contributed by atoms with Crippen LogP contribution in [-0.2, 0) is 9.53 Å². The van der Waals surface area contributed by atoms with Gasteiger partial charge in [0.2, 0.25) is 5.90 Å². The molecule has 0 bridgehead atoms. The first-order chi connectivity index (χ1) is 13.0. The first kappa shape index (κ1) is 18.4. The van der Waals surface area contributed by atoms with Crippen molar-refractivity contribution in [3.05, 3.63) is 59.3 Å². The zero-order valence-corrected chi connectivity index (χ0v) is 14.4. The molecule has 0 atom stereocenters. The summed E-state index contributed by atoms with van der Waals surface area (Å²) >= 11 is 0. The van der Waals surface area contributed by atoms with Gasteiger partial charge in [-0.25, -0.2) is 9.79 Å². The van der Waals surface area contributed by atoms with E-state index < -0.39 is 12.6 Å². The highest BCUT2D eigenvalue weighted by Crippen LogP contribution is 2.33. The summed E-state index contributed by atoms with van der Waals surface area (Å²) in [4.78, 5) is 16.3. The molecule has 0 N–H and O–H groups in total. The van der Waals surface area contributed by atoms with Crippen molar-refractivity contribution in [3.63, 3.8) is 0 Å². The van der Waals surface area contributed by atoms with Crippen LogP contribution in [0, 0.1) is 0 Å². The van der Waals surface area contributed by atoms with E-state index in [4.69, 9.17) is 14.2 Å². The molecule has 2 aromatic carbocycles. The lowest BCUT2D eigenvalue weighted by Crippen LogP contribution is -2.07. The van der Waals surface area contributed by atoms with Crippen molar-refractivity contribution in [2.24, 2.45) is 4.99 Å². The van der Waals surface area contributed by atoms with Crippen LogP contribution in [0.3, 0.4) is 0 Å². The molecule has 0 saturated heterocycles. The number of hydrogen-bond acceptors (Lipinski definition) is 6. The quantitative estimate of drug-likeness (QED) is 0.570. The van der Waals surface area contributed by atoms with Crippen molar-refractivity contribution in [2.45, 2.75) is 6.61 Å². The Morgan fingerprint density at radius 2 is 1.89 bits per heavy atom. The molecule has 1 aliphatic rings. The summed E-state index contributed by atoms with van der Waals surface area (Å²) in [5.74, 6) is 0.201. The van der Waals surface area contributed by atoms with Gasteiger partial charge in [-0.2, -0.15) is 8.78 Å². The second kappa shape index (κ2) is 7.86. The molecule has 8 heteroatoms. The van der Waals surface area contributed by atoms with Crippen LogP contribution in [0.25, 0.3) is 6.08 Å². The number of esters is 1. The van der Waals surface area contributed by atoms with E-state index in [0.717, 1.165) is 0 Å². The van der Waals surface area contributed by atoms with E-state index in [1.54, 1.807) is 24.3 Å². The summed E-state index contributed by atoms with van der Waals surface area (Å²) in [6.45, 7) is -2.95. The highest BCUT2D eigenvalue weighted by atomic mass is 19.3. The minimum Gasteiger partial charge on any atom is -0.493 e. The number of alkyl halides is 2. The number of nitrogens with zero attached hydrogens (tertiary/aromatic N) is 1. The first-order valence-corrected chi connectivity index (χ1v) is 7.80. The largest absolute Gasteiger partial charge is 0.493 e. The third-order valence-electron chi connectivity index (χ3n) is 3.65. The molecule has 6 nitrogen and oxygen atoms in total. The lowest BCUT2D eigenvalue weighted by atomic mass is 10.1. The normalized spacial score (nSPS) is 14.9. The smallest absolute Gasteiger partial charge is 0.387 e. The maximum Gasteiger partial charge on any atom is 0.387 e. The zero-order chi connectivity index (χ0) is 19.4. The van der Waals surface area contributed by atoms with Crippen molar-refractivity contribution < 1.29 is 32.5 Å². The number of rotatable bonds is 6.